The molecule has 186 valence electrons. The topological polar surface area (TPSA) is 82.6 Å². The molecule has 1 amide bonds. The summed E-state index contributed by atoms with van der Waals surface area (Å²) in [5, 5.41) is 13.0. The monoisotopic (exact) mass is 488 g/mol. The van der Waals surface area contributed by atoms with Crippen molar-refractivity contribution in [1.29, 1.82) is 5.26 Å². The van der Waals surface area contributed by atoms with Crippen molar-refractivity contribution in [1.82, 2.24) is 10.1 Å². The molecule has 0 N–H and O–H groups in total. The molecule has 2 saturated heterocycles. The number of nitrogens with zero attached hydrogens (tertiary/aromatic N) is 4. The molecule has 3 heterocycles. The van der Waals surface area contributed by atoms with Gasteiger partial charge in [0, 0.05) is 50.0 Å². The second-order valence-electron chi connectivity index (χ2n) is 10.1. The predicted molar refractivity (Wildman–Crippen MR) is 120 cm³/mol. The summed E-state index contributed by atoms with van der Waals surface area (Å²) in [4.78, 5) is 16.8. The molecule has 1 aromatic carbocycles. The van der Waals surface area contributed by atoms with Crippen molar-refractivity contribution >= 4 is 11.6 Å². The molecule has 7 nitrogen and oxygen atoms in total. The van der Waals surface area contributed by atoms with Crippen LogP contribution in [0.15, 0.2) is 28.8 Å². The molecule has 0 unspecified atom stereocenters. The van der Waals surface area contributed by atoms with Crippen LogP contribution in [0.1, 0.15) is 46.6 Å². The van der Waals surface area contributed by atoms with Gasteiger partial charge in [-0.25, -0.2) is 0 Å². The number of hydrogen-bond donors (Lipinski definition) is 0. The van der Waals surface area contributed by atoms with Crippen LogP contribution in [0, 0.1) is 35.5 Å². The van der Waals surface area contributed by atoms with Gasteiger partial charge in [-0.2, -0.15) is 18.4 Å². The van der Waals surface area contributed by atoms with Gasteiger partial charge >= 0.3 is 6.18 Å². The van der Waals surface area contributed by atoms with Crippen LogP contribution in [0.3, 0.4) is 0 Å². The summed E-state index contributed by atoms with van der Waals surface area (Å²) in [6, 6.07) is 7.13. The Bertz CT molecular complexity index is 1150. The fourth-order valence-corrected chi connectivity index (χ4v) is 5.36. The quantitative estimate of drug-likeness (QED) is 0.604. The minimum atomic E-state index is -4.61. The molecule has 0 bridgehead atoms. The summed E-state index contributed by atoms with van der Waals surface area (Å²) < 4.78 is 51.9. The Labute approximate surface area is 201 Å². The average Bonchev–Trinajstić information content (AvgIpc) is 3.42. The van der Waals surface area contributed by atoms with E-state index in [0.29, 0.717) is 63.2 Å². The van der Waals surface area contributed by atoms with Gasteiger partial charge in [-0.1, -0.05) is 5.16 Å². The minimum Gasteiger partial charge on any atom is -0.380 e. The Hall–Kier alpha value is -3.06. The van der Waals surface area contributed by atoms with Crippen LogP contribution in [0.5, 0.6) is 0 Å². The van der Waals surface area contributed by atoms with E-state index in [-0.39, 0.29) is 23.1 Å². The molecule has 5 rings (SSSR count). The summed E-state index contributed by atoms with van der Waals surface area (Å²) in [6.07, 6.45) is -1.58. The van der Waals surface area contributed by atoms with Crippen LogP contribution in [-0.2, 0) is 10.9 Å². The lowest BCUT2D eigenvalue weighted by Crippen LogP contribution is -2.53. The molecule has 2 aromatic rings. The van der Waals surface area contributed by atoms with E-state index in [4.69, 9.17) is 14.5 Å². The second kappa shape index (κ2) is 8.86. The number of amides is 1. The van der Waals surface area contributed by atoms with E-state index in [1.807, 2.05) is 4.90 Å². The first-order valence-corrected chi connectivity index (χ1v) is 11.9. The molecular weight excluding hydrogens is 461 g/mol. The van der Waals surface area contributed by atoms with Gasteiger partial charge in [0.2, 0.25) is 0 Å². The highest BCUT2D eigenvalue weighted by Crippen LogP contribution is 2.45. The zero-order valence-electron chi connectivity index (χ0n) is 19.5. The number of aromatic nitrogens is 1. The number of fused-ring (bicyclic) bond motifs is 1. The van der Waals surface area contributed by atoms with E-state index in [2.05, 4.69) is 5.16 Å². The van der Waals surface area contributed by atoms with E-state index in [9.17, 15) is 18.0 Å². The van der Waals surface area contributed by atoms with Gasteiger partial charge < -0.3 is 19.1 Å². The first kappa shape index (κ1) is 23.7. The smallest absolute Gasteiger partial charge is 0.380 e. The van der Waals surface area contributed by atoms with Crippen LogP contribution in [0.2, 0.25) is 0 Å². The number of piperidine rings is 1. The Morgan fingerprint density at radius 2 is 2.09 bits per heavy atom. The number of aryl methyl sites for hydroxylation is 1. The van der Waals surface area contributed by atoms with Gasteiger partial charge in [0.05, 0.1) is 23.8 Å². The first-order valence-electron chi connectivity index (χ1n) is 11.9. The number of hydrogen-bond acceptors (Lipinski definition) is 6. The van der Waals surface area contributed by atoms with E-state index >= 15 is 0 Å². The average molecular weight is 489 g/mol. The molecule has 3 fully saturated rings. The number of halogens is 3. The van der Waals surface area contributed by atoms with Crippen molar-refractivity contribution < 1.29 is 27.2 Å². The second-order valence-corrected chi connectivity index (χ2v) is 10.1. The van der Waals surface area contributed by atoms with Gasteiger partial charge in [0.25, 0.3) is 5.91 Å². The third-order valence-electron chi connectivity index (χ3n) is 7.43. The number of anilines is 1. The Morgan fingerprint density at radius 3 is 2.74 bits per heavy atom. The predicted octanol–water partition coefficient (Wildman–Crippen LogP) is 4.27. The minimum absolute atomic E-state index is 0.162. The molecule has 1 aromatic heterocycles. The van der Waals surface area contributed by atoms with Crippen LogP contribution >= 0.6 is 0 Å². The Kier molecular flexibility index (Phi) is 5.99. The zero-order valence-corrected chi connectivity index (χ0v) is 19.5. The van der Waals surface area contributed by atoms with Crippen molar-refractivity contribution in [2.24, 2.45) is 17.3 Å². The van der Waals surface area contributed by atoms with E-state index in [0.717, 1.165) is 18.9 Å². The third kappa shape index (κ3) is 4.74. The zero-order chi connectivity index (χ0) is 24.8. The molecule has 10 heteroatoms. The Balaban J connectivity index is 1.40. The van der Waals surface area contributed by atoms with Crippen molar-refractivity contribution in [2.45, 2.75) is 32.4 Å². The number of ether oxygens (including phenoxy) is 1. The van der Waals surface area contributed by atoms with Gasteiger partial charge in [-0.05, 0) is 56.2 Å². The normalized spacial score (nSPS) is 24.4. The van der Waals surface area contributed by atoms with Crippen molar-refractivity contribution in [3.05, 3.63) is 46.8 Å². The van der Waals surface area contributed by atoms with Crippen molar-refractivity contribution in [3.8, 4) is 6.07 Å². The molecule has 1 aliphatic carbocycles. The van der Waals surface area contributed by atoms with Gasteiger partial charge in [-0.3, -0.25) is 4.79 Å². The molecule has 0 radical (unpaired) electrons. The summed E-state index contributed by atoms with van der Waals surface area (Å²) >= 11 is 0. The largest absolute Gasteiger partial charge is 0.417 e. The molecule has 1 saturated carbocycles. The number of carbonyl (C=O) groups is 1. The highest BCUT2D eigenvalue weighted by Gasteiger charge is 2.51. The standard InChI is InChI=1S/C25H27F3N4O3/c1-16-8-22(30-35-16)23(33)31-7-6-19-11-32(14-24(19,13-31)15-34-12-17-2-3-17)20-5-4-18(10-29)21(9-20)25(26,27)28/h4-5,8-9,17,19H,2-3,6-7,11-15H2,1H3/t19-,24+/m0/s1. The number of alkyl halides is 3. The lowest BCUT2D eigenvalue weighted by molar-refractivity contribution is -0.137. The van der Waals surface area contributed by atoms with Crippen LogP contribution in [-0.4, -0.2) is 55.4 Å². The fourth-order valence-electron chi connectivity index (χ4n) is 5.36. The summed E-state index contributed by atoms with van der Waals surface area (Å²) in [5.74, 6) is 1.08. The number of likely N-dealkylation sites (tertiary alicyclic amines) is 1. The molecule has 35 heavy (non-hydrogen) atoms. The van der Waals surface area contributed by atoms with Crippen molar-refractivity contribution in [2.75, 3.05) is 44.3 Å². The lowest BCUT2D eigenvalue weighted by Gasteiger charge is -2.43. The molecular formula is C25H27F3N4O3. The highest BCUT2D eigenvalue weighted by atomic mass is 19.4. The molecule has 3 aliphatic rings. The number of rotatable bonds is 6. The summed E-state index contributed by atoms with van der Waals surface area (Å²) in [6.45, 7) is 4.84. The third-order valence-corrected chi connectivity index (χ3v) is 7.43. The summed E-state index contributed by atoms with van der Waals surface area (Å²) in [7, 11) is 0. The maximum absolute atomic E-state index is 13.6. The fraction of sp³-hybridized carbons (Fsp3) is 0.560. The maximum Gasteiger partial charge on any atom is 0.417 e. The molecule has 0 spiro atoms. The summed E-state index contributed by atoms with van der Waals surface area (Å²) in [5.41, 5.74) is -1.04. The van der Waals surface area contributed by atoms with Crippen LogP contribution in [0.25, 0.3) is 0 Å². The first-order chi connectivity index (χ1) is 16.7. The van der Waals surface area contributed by atoms with E-state index < -0.39 is 17.2 Å². The number of carbonyl (C=O) groups excluding carboxylic acids is 1. The van der Waals surface area contributed by atoms with Gasteiger partial charge in [0.1, 0.15) is 5.76 Å². The molecule has 2 atom stereocenters. The molecule has 2 aliphatic heterocycles. The van der Waals surface area contributed by atoms with Gasteiger partial charge in [0.15, 0.2) is 5.69 Å². The SMILES string of the molecule is Cc1cc(C(=O)N2CC[C@H]3CN(c4ccc(C#N)c(C(F)(F)F)c4)C[C@@]3(COCC3CC3)C2)no1. The number of benzene rings is 1. The number of nitriles is 1. The lowest BCUT2D eigenvalue weighted by atomic mass is 9.74. The van der Waals surface area contributed by atoms with Crippen LogP contribution < -0.4 is 4.90 Å². The van der Waals surface area contributed by atoms with E-state index in [1.165, 1.54) is 6.07 Å². The highest BCUT2D eigenvalue weighted by molar-refractivity contribution is 5.92. The Morgan fingerprint density at radius 1 is 1.29 bits per heavy atom. The van der Waals surface area contributed by atoms with Crippen molar-refractivity contribution in [3.63, 3.8) is 0 Å². The van der Waals surface area contributed by atoms with Crippen LogP contribution in [0.4, 0.5) is 18.9 Å². The van der Waals surface area contributed by atoms with E-state index in [1.54, 1.807) is 30.0 Å². The van der Waals surface area contributed by atoms with Gasteiger partial charge in [-0.15, -0.1) is 0 Å². The maximum atomic E-state index is 13.6.